The number of hydrogen-bond donors (Lipinski definition) is 2. The topological polar surface area (TPSA) is 105 Å². The predicted molar refractivity (Wildman–Crippen MR) is 145 cm³/mol. The fraction of sp³-hybridized carbons (Fsp3) is 0.259. The summed E-state index contributed by atoms with van der Waals surface area (Å²) in [5.41, 5.74) is 1.53. The van der Waals surface area contributed by atoms with E-state index in [1.807, 2.05) is 0 Å². The van der Waals surface area contributed by atoms with E-state index in [1.54, 1.807) is 42.2 Å². The first-order valence-electron chi connectivity index (χ1n) is 11.8. The number of carbonyl (C=O) groups is 4. The first kappa shape index (κ1) is 27.3. The maximum atomic E-state index is 13.9. The van der Waals surface area contributed by atoms with Crippen molar-refractivity contribution in [3.05, 3.63) is 75.9 Å². The number of esters is 1. The van der Waals surface area contributed by atoms with Crippen LogP contribution in [-0.4, -0.2) is 47.5 Å². The summed E-state index contributed by atoms with van der Waals surface area (Å²) in [6, 6.07) is 12.6. The summed E-state index contributed by atoms with van der Waals surface area (Å²) in [6.45, 7) is 4.10. The number of nitrogens with zero attached hydrogens (tertiary/aromatic N) is 1. The Bertz CT molecular complexity index is 1410. The molecular formula is C27H26FN3O5S2. The second-order valence-electron chi connectivity index (χ2n) is 8.60. The van der Waals surface area contributed by atoms with Crippen molar-refractivity contribution in [1.82, 2.24) is 4.90 Å². The van der Waals surface area contributed by atoms with Crippen LogP contribution >= 0.6 is 23.1 Å². The van der Waals surface area contributed by atoms with Crippen molar-refractivity contribution >= 4 is 57.5 Å². The summed E-state index contributed by atoms with van der Waals surface area (Å²) >= 11 is 2.54. The Kier molecular flexibility index (Phi) is 8.48. The van der Waals surface area contributed by atoms with Crippen molar-refractivity contribution in [1.29, 1.82) is 0 Å². The molecule has 0 saturated heterocycles. The second-order valence-corrected chi connectivity index (χ2v) is 11.1. The van der Waals surface area contributed by atoms with Crippen molar-refractivity contribution in [2.75, 3.05) is 24.3 Å². The van der Waals surface area contributed by atoms with E-state index < -0.39 is 22.9 Å². The molecule has 8 nitrogen and oxygen atoms in total. The van der Waals surface area contributed by atoms with Gasteiger partial charge in [0.15, 0.2) is 0 Å². The number of methoxy groups -OCH3 is 1. The number of benzene rings is 2. The Morgan fingerprint density at radius 2 is 1.87 bits per heavy atom. The lowest BCUT2D eigenvalue weighted by molar-refractivity contribution is -0.129. The third kappa shape index (κ3) is 6.05. The van der Waals surface area contributed by atoms with Gasteiger partial charge in [0.2, 0.25) is 11.8 Å². The highest BCUT2D eigenvalue weighted by molar-refractivity contribution is 8.00. The lowest BCUT2D eigenvalue weighted by atomic mass is 10.0. The molecule has 1 atom stereocenters. The van der Waals surface area contributed by atoms with Crippen LogP contribution in [0.3, 0.4) is 0 Å². The standard InChI is InChI=1S/C27H26FN3O5S2/c1-15(37-18-8-6-7-17(13-18)29-25(34)19-9-4-5-10-21(19)28)24(33)30-26-23(27(35)36-3)20-11-12-31(16(2)32)14-22(20)38-26/h4-10,13,15H,11-12,14H2,1-3H3,(H,29,34)(H,30,33). The number of thioether (sulfide) groups is 1. The van der Waals surface area contributed by atoms with Gasteiger partial charge >= 0.3 is 5.97 Å². The lowest BCUT2D eigenvalue weighted by Crippen LogP contribution is -2.33. The number of ether oxygens (including phenoxy) is 1. The number of thiophene rings is 1. The molecule has 2 aromatic carbocycles. The van der Waals surface area contributed by atoms with Crippen molar-refractivity contribution in [3.8, 4) is 0 Å². The van der Waals surface area contributed by atoms with Crippen LogP contribution in [-0.2, 0) is 27.3 Å². The minimum Gasteiger partial charge on any atom is -0.465 e. The maximum absolute atomic E-state index is 13.9. The molecule has 1 aliphatic heterocycles. The molecule has 4 rings (SSSR count). The smallest absolute Gasteiger partial charge is 0.341 e. The minimum atomic E-state index is -0.614. The van der Waals surface area contributed by atoms with Crippen LogP contribution in [0.4, 0.5) is 15.1 Å². The molecule has 3 aromatic rings. The van der Waals surface area contributed by atoms with E-state index in [-0.39, 0.29) is 17.4 Å². The number of hydrogen-bond acceptors (Lipinski definition) is 7. The molecule has 0 radical (unpaired) electrons. The molecule has 198 valence electrons. The van der Waals surface area contributed by atoms with Gasteiger partial charge in [-0.2, -0.15) is 0 Å². The second kappa shape index (κ2) is 11.8. The van der Waals surface area contributed by atoms with E-state index in [2.05, 4.69) is 10.6 Å². The molecular weight excluding hydrogens is 529 g/mol. The first-order chi connectivity index (χ1) is 18.2. The fourth-order valence-corrected chi connectivity index (χ4v) is 6.22. The Hall–Kier alpha value is -3.70. The zero-order valence-corrected chi connectivity index (χ0v) is 22.6. The summed E-state index contributed by atoms with van der Waals surface area (Å²) in [4.78, 5) is 53.2. The van der Waals surface area contributed by atoms with Gasteiger partial charge in [-0.15, -0.1) is 23.1 Å². The molecule has 0 spiro atoms. The highest BCUT2D eigenvalue weighted by Crippen LogP contribution is 2.38. The van der Waals surface area contributed by atoms with E-state index >= 15 is 0 Å². The Labute approximate surface area is 227 Å². The van der Waals surface area contributed by atoms with Crippen LogP contribution in [0.15, 0.2) is 53.4 Å². The average Bonchev–Trinajstić information content (AvgIpc) is 3.25. The van der Waals surface area contributed by atoms with Crippen molar-refractivity contribution in [2.45, 2.75) is 37.0 Å². The average molecular weight is 556 g/mol. The van der Waals surface area contributed by atoms with Gasteiger partial charge in [0.25, 0.3) is 5.91 Å². The molecule has 38 heavy (non-hydrogen) atoms. The van der Waals surface area contributed by atoms with Crippen molar-refractivity contribution in [2.24, 2.45) is 0 Å². The van der Waals surface area contributed by atoms with Gasteiger partial charge in [-0.25, -0.2) is 9.18 Å². The molecule has 2 heterocycles. The van der Waals surface area contributed by atoms with Gasteiger partial charge in [0, 0.05) is 28.9 Å². The van der Waals surface area contributed by atoms with E-state index in [4.69, 9.17) is 4.74 Å². The largest absolute Gasteiger partial charge is 0.465 e. The minimum absolute atomic E-state index is 0.0494. The van der Waals surface area contributed by atoms with E-state index in [0.29, 0.717) is 35.8 Å². The molecule has 1 aliphatic rings. The molecule has 0 aliphatic carbocycles. The third-order valence-corrected chi connectivity index (χ3v) is 8.25. The quantitative estimate of drug-likeness (QED) is 0.316. The molecule has 1 aromatic heterocycles. The molecule has 2 N–H and O–H groups in total. The van der Waals surface area contributed by atoms with Gasteiger partial charge in [-0.3, -0.25) is 14.4 Å². The van der Waals surface area contributed by atoms with Crippen LogP contribution < -0.4 is 10.6 Å². The maximum Gasteiger partial charge on any atom is 0.341 e. The number of rotatable bonds is 7. The van der Waals surface area contributed by atoms with Crippen LogP contribution in [0, 0.1) is 5.82 Å². The zero-order valence-electron chi connectivity index (χ0n) is 21.0. The van der Waals surface area contributed by atoms with Crippen LogP contribution in [0.5, 0.6) is 0 Å². The number of carbonyl (C=O) groups excluding carboxylic acids is 4. The summed E-state index contributed by atoms with van der Waals surface area (Å²) in [5.74, 6) is -2.09. The van der Waals surface area contributed by atoms with Crippen LogP contribution in [0.2, 0.25) is 0 Å². The van der Waals surface area contributed by atoms with Gasteiger partial charge < -0.3 is 20.3 Å². The summed E-state index contributed by atoms with van der Waals surface area (Å²) in [5, 5.41) is 5.39. The van der Waals surface area contributed by atoms with Crippen LogP contribution in [0.25, 0.3) is 0 Å². The van der Waals surface area contributed by atoms with Crippen LogP contribution in [0.1, 0.15) is 45.0 Å². The monoisotopic (exact) mass is 555 g/mol. The fourth-order valence-electron chi connectivity index (χ4n) is 4.04. The third-order valence-electron chi connectivity index (χ3n) is 6.02. The number of amides is 3. The molecule has 0 saturated carbocycles. The van der Waals surface area contributed by atoms with Gasteiger partial charge in [0.05, 0.1) is 30.0 Å². The van der Waals surface area contributed by atoms with E-state index in [9.17, 15) is 23.6 Å². The number of nitrogens with one attached hydrogen (secondary N) is 2. The zero-order chi connectivity index (χ0) is 27.4. The van der Waals surface area contributed by atoms with Crippen molar-refractivity contribution in [3.63, 3.8) is 0 Å². The normalized spacial score (nSPS) is 13.3. The molecule has 11 heteroatoms. The summed E-state index contributed by atoms with van der Waals surface area (Å²) < 4.78 is 18.9. The highest BCUT2D eigenvalue weighted by Gasteiger charge is 2.30. The highest BCUT2D eigenvalue weighted by atomic mass is 32.2. The molecule has 1 unspecified atom stereocenters. The summed E-state index contributed by atoms with van der Waals surface area (Å²) in [6.07, 6.45) is 0.501. The number of fused-ring (bicyclic) bond motifs is 1. The number of anilines is 2. The van der Waals surface area contributed by atoms with Gasteiger partial charge in [0.1, 0.15) is 10.8 Å². The molecule has 0 bridgehead atoms. The molecule has 0 fully saturated rings. The van der Waals surface area contributed by atoms with Gasteiger partial charge in [-0.1, -0.05) is 18.2 Å². The SMILES string of the molecule is COC(=O)c1c(NC(=O)C(C)Sc2cccc(NC(=O)c3ccccc3F)c2)sc2c1CCN(C(C)=O)C2. The lowest BCUT2D eigenvalue weighted by Gasteiger charge is -2.25. The van der Waals surface area contributed by atoms with E-state index in [1.165, 1.54) is 55.3 Å². The van der Waals surface area contributed by atoms with E-state index in [0.717, 1.165) is 15.3 Å². The Morgan fingerprint density at radius 1 is 1.11 bits per heavy atom. The Morgan fingerprint density at radius 3 is 2.58 bits per heavy atom. The molecule has 3 amide bonds. The van der Waals surface area contributed by atoms with Crippen molar-refractivity contribution < 1.29 is 28.3 Å². The predicted octanol–water partition coefficient (Wildman–Crippen LogP) is 4.95. The first-order valence-corrected chi connectivity index (χ1v) is 13.5. The van der Waals surface area contributed by atoms with Gasteiger partial charge in [-0.05, 0) is 49.2 Å². The summed E-state index contributed by atoms with van der Waals surface area (Å²) in [7, 11) is 1.29. The Balaban J connectivity index is 1.46. The number of halogens is 1.